The largest absolute Gasteiger partial charge is 0.391 e. The fourth-order valence-corrected chi connectivity index (χ4v) is 2.15. The maximum Gasteiger partial charge on any atom is 0.330 e. The van der Waals surface area contributed by atoms with Gasteiger partial charge in [-0.15, -0.1) is 0 Å². The van der Waals surface area contributed by atoms with E-state index in [1.54, 1.807) is 0 Å². The SMILES string of the molecule is NC(Cc1ccccc1)C(=O)OC(=O)C(N)Cc1ccccc1. The number of carbonyl (C=O) groups is 2. The fourth-order valence-electron chi connectivity index (χ4n) is 2.15. The van der Waals surface area contributed by atoms with E-state index in [9.17, 15) is 9.59 Å². The lowest BCUT2D eigenvalue weighted by Gasteiger charge is -2.13. The summed E-state index contributed by atoms with van der Waals surface area (Å²) in [4.78, 5) is 23.8. The molecule has 23 heavy (non-hydrogen) atoms. The van der Waals surface area contributed by atoms with Crippen LogP contribution in [0, 0.1) is 0 Å². The van der Waals surface area contributed by atoms with E-state index in [1.807, 2.05) is 60.7 Å². The van der Waals surface area contributed by atoms with Gasteiger partial charge in [0.2, 0.25) is 0 Å². The summed E-state index contributed by atoms with van der Waals surface area (Å²) in [7, 11) is 0. The van der Waals surface area contributed by atoms with Gasteiger partial charge in [-0.1, -0.05) is 60.7 Å². The van der Waals surface area contributed by atoms with Crippen LogP contribution < -0.4 is 11.5 Å². The second kappa shape index (κ2) is 8.22. The predicted octanol–water partition coefficient (Wildman–Crippen LogP) is 1.20. The van der Waals surface area contributed by atoms with Crippen LogP contribution in [0.1, 0.15) is 11.1 Å². The first-order chi connectivity index (χ1) is 11.1. The lowest BCUT2D eigenvalue weighted by atomic mass is 10.1. The zero-order valence-electron chi connectivity index (χ0n) is 12.7. The molecule has 0 aliphatic heterocycles. The zero-order valence-corrected chi connectivity index (χ0v) is 12.7. The van der Waals surface area contributed by atoms with Crippen molar-refractivity contribution >= 4 is 11.9 Å². The van der Waals surface area contributed by atoms with Gasteiger partial charge < -0.3 is 16.2 Å². The van der Waals surface area contributed by atoms with Gasteiger partial charge >= 0.3 is 11.9 Å². The minimum absolute atomic E-state index is 0.306. The Labute approximate surface area is 135 Å². The first kappa shape index (κ1) is 16.9. The third kappa shape index (κ3) is 5.32. The minimum atomic E-state index is -0.898. The standard InChI is InChI=1S/C18H20N2O3/c19-15(11-13-7-3-1-4-8-13)17(21)23-18(22)16(20)12-14-9-5-2-6-10-14/h1-10,15-16H,11-12,19-20H2. The van der Waals surface area contributed by atoms with Crippen molar-refractivity contribution in [2.45, 2.75) is 24.9 Å². The van der Waals surface area contributed by atoms with Crippen LogP contribution in [0.5, 0.6) is 0 Å². The van der Waals surface area contributed by atoms with Gasteiger partial charge in [-0.2, -0.15) is 0 Å². The van der Waals surface area contributed by atoms with Crippen molar-refractivity contribution in [1.82, 2.24) is 0 Å². The first-order valence-corrected chi connectivity index (χ1v) is 7.41. The summed E-state index contributed by atoms with van der Waals surface area (Å²) in [6.45, 7) is 0. The van der Waals surface area contributed by atoms with Gasteiger partial charge in [-0.05, 0) is 24.0 Å². The lowest BCUT2D eigenvalue weighted by Crippen LogP contribution is -2.41. The van der Waals surface area contributed by atoms with Crippen LogP contribution in [0.25, 0.3) is 0 Å². The van der Waals surface area contributed by atoms with Crippen molar-refractivity contribution < 1.29 is 14.3 Å². The van der Waals surface area contributed by atoms with Crippen molar-refractivity contribution in [3.63, 3.8) is 0 Å². The molecule has 0 aliphatic carbocycles. The molecular weight excluding hydrogens is 292 g/mol. The molecule has 0 fully saturated rings. The topological polar surface area (TPSA) is 95.4 Å². The van der Waals surface area contributed by atoms with Crippen molar-refractivity contribution in [2.75, 3.05) is 0 Å². The van der Waals surface area contributed by atoms with Crippen LogP contribution in [0.4, 0.5) is 0 Å². The molecule has 0 bridgehead atoms. The maximum atomic E-state index is 11.9. The van der Waals surface area contributed by atoms with Crippen molar-refractivity contribution in [1.29, 1.82) is 0 Å². The lowest BCUT2D eigenvalue weighted by molar-refractivity contribution is -0.161. The third-order valence-corrected chi connectivity index (χ3v) is 3.40. The molecule has 120 valence electrons. The highest BCUT2D eigenvalue weighted by Crippen LogP contribution is 2.06. The minimum Gasteiger partial charge on any atom is -0.391 e. The number of ether oxygens (including phenoxy) is 1. The summed E-state index contributed by atoms with van der Waals surface area (Å²) >= 11 is 0. The summed E-state index contributed by atoms with van der Waals surface area (Å²) < 4.78 is 4.79. The molecule has 0 aromatic heterocycles. The molecule has 0 amide bonds. The molecule has 5 heteroatoms. The summed E-state index contributed by atoms with van der Waals surface area (Å²) in [6.07, 6.45) is 0.613. The van der Waals surface area contributed by atoms with Gasteiger partial charge in [0, 0.05) is 0 Å². The molecule has 2 atom stereocenters. The Bertz CT molecular complexity index is 586. The number of esters is 2. The van der Waals surface area contributed by atoms with Crippen LogP contribution in [0.3, 0.4) is 0 Å². The summed E-state index contributed by atoms with van der Waals surface area (Å²) in [5, 5.41) is 0. The molecule has 2 rings (SSSR count). The second-order valence-corrected chi connectivity index (χ2v) is 5.33. The van der Waals surface area contributed by atoms with Gasteiger partial charge in [0.05, 0.1) is 0 Å². The van der Waals surface area contributed by atoms with Gasteiger partial charge in [-0.25, -0.2) is 9.59 Å². The molecule has 0 radical (unpaired) electrons. The number of benzene rings is 2. The first-order valence-electron chi connectivity index (χ1n) is 7.41. The Hall–Kier alpha value is -2.50. The molecule has 0 saturated carbocycles. The van der Waals surface area contributed by atoms with Gasteiger partial charge in [0.1, 0.15) is 12.1 Å². The number of carbonyl (C=O) groups excluding carboxylic acids is 2. The van der Waals surface area contributed by atoms with Crippen molar-refractivity contribution in [2.24, 2.45) is 11.5 Å². The van der Waals surface area contributed by atoms with E-state index in [4.69, 9.17) is 16.2 Å². The number of hydrogen-bond donors (Lipinski definition) is 2. The number of nitrogens with two attached hydrogens (primary N) is 2. The molecule has 2 unspecified atom stereocenters. The molecular formula is C18H20N2O3. The highest BCUT2D eigenvalue weighted by Gasteiger charge is 2.23. The van der Waals surface area contributed by atoms with Gasteiger partial charge in [0.15, 0.2) is 0 Å². The Morgan fingerprint density at radius 2 is 1.09 bits per heavy atom. The summed E-state index contributed by atoms with van der Waals surface area (Å²) in [5.41, 5.74) is 13.4. The van der Waals surface area contributed by atoms with E-state index in [1.165, 1.54) is 0 Å². The molecule has 2 aromatic carbocycles. The monoisotopic (exact) mass is 312 g/mol. The van der Waals surface area contributed by atoms with E-state index in [2.05, 4.69) is 0 Å². The molecule has 2 aromatic rings. The Kier molecular flexibility index (Phi) is 6.02. The molecule has 0 spiro atoms. The summed E-state index contributed by atoms with van der Waals surface area (Å²) in [6, 6.07) is 16.8. The normalized spacial score (nSPS) is 13.1. The summed E-state index contributed by atoms with van der Waals surface area (Å²) in [5.74, 6) is -1.52. The predicted molar refractivity (Wildman–Crippen MR) is 87.3 cm³/mol. The van der Waals surface area contributed by atoms with E-state index in [0.717, 1.165) is 11.1 Å². The molecule has 0 aliphatic rings. The molecule has 4 N–H and O–H groups in total. The average Bonchev–Trinajstić information content (AvgIpc) is 2.56. The van der Waals surface area contributed by atoms with Gasteiger partial charge in [0.25, 0.3) is 0 Å². The highest BCUT2D eigenvalue weighted by molar-refractivity contribution is 5.90. The molecule has 0 saturated heterocycles. The van der Waals surface area contributed by atoms with E-state index in [-0.39, 0.29) is 0 Å². The van der Waals surface area contributed by atoms with E-state index < -0.39 is 24.0 Å². The molecule has 0 heterocycles. The number of hydrogen-bond acceptors (Lipinski definition) is 5. The van der Waals surface area contributed by atoms with Crippen LogP contribution in [-0.4, -0.2) is 24.0 Å². The van der Waals surface area contributed by atoms with Crippen LogP contribution in [-0.2, 0) is 27.2 Å². The second-order valence-electron chi connectivity index (χ2n) is 5.33. The third-order valence-electron chi connectivity index (χ3n) is 3.40. The van der Waals surface area contributed by atoms with Crippen molar-refractivity contribution in [3.05, 3.63) is 71.8 Å². The fraction of sp³-hybridized carbons (Fsp3) is 0.222. The van der Waals surface area contributed by atoms with Crippen molar-refractivity contribution in [3.8, 4) is 0 Å². The zero-order chi connectivity index (χ0) is 16.7. The quantitative estimate of drug-likeness (QED) is 0.617. The Morgan fingerprint density at radius 3 is 1.43 bits per heavy atom. The highest BCUT2D eigenvalue weighted by atomic mass is 16.6. The maximum absolute atomic E-state index is 11.9. The van der Waals surface area contributed by atoms with Crippen LogP contribution in [0.15, 0.2) is 60.7 Å². The van der Waals surface area contributed by atoms with Crippen LogP contribution in [0.2, 0.25) is 0 Å². The van der Waals surface area contributed by atoms with Gasteiger partial charge in [-0.3, -0.25) is 0 Å². The smallest absolute Gasteiger partial charge is 0.330 e. The molecule has 5 nitrogen and oxygen atoms in total. The number of rotatable bonds is 6. The Balaban J connectivity index is 1.85. The van der Waals surface area contributed by atoms with E-state index in [0.29, 0.717) is 12.8 Å². The Morgan fingerprint density at radius 1 is 0.739 bits per heavy atom. The van der Waals surface area contributed by atoms with Crippen LogP contribution >= 0.6 is 0 Å². The van der Waals surface area contributed by atoms with E-state index >= 15 is 0 Å². The average molecular weight is 312 g/mol.